The van der Waals surface area contributed by atoms with Crippen LogP contribution in [0.2, 0.25) is 0 Å². The molecule has 0 bridgehead atoms. The molecule has 2 aromatic rings. The molecule has 0 saturated carbocycles. The van der Waals surface area contributed by atoms with E-state index in [1.165, 1.54) is 5.56 Å². The number of hydrogen-bond donors (Lipinski definition) is 2. The molecule has 1 aliphatic rings. The molecule has 0 saturated heterocycles. The molecule has 0 amide bonds. The van der Waals surface area contributed by atoms with E-state index in [2.05, 4.69) is 39.4 Å². The van der Waals surface area contributed by atoms with Gasteiger partial charge in [-0.05, 0) is 35.9 Å². The highest BCUT2D eigenvalue weighted by Crippen LogP contribution is 2.33. The second-order valence-corrected chi connectivity index (χ2v) is 5.83. The first-order valence-electron chi connectivity index (χ1n) is 6.65. The van der Waals surface area contributed by atoms with Crippen LogP contribution in [0.5, 0.6) is 5.75 Å². The Bertz CT molecular complexity index is 737. The van der Waals surface area contributed by atoms with Crippen LogP contribution in [0, 0.1) is 11.3 Å². The van der Waals surface area contributed by atoms with E-state index in [4.69, 9.17) is 15.7 Å². The number of halogens is 1. The highest BCUT2D eigenvalue weighted by atomic mass is 79.9. The van der Waals surface area contributed by atoms with Crippen molar-refractivity contribution in [3.8, 4) is 11.8 Å². The Balaban J connectivity index is 1.81. The van der Waals surface area contributed by atoms with Crippen LogP contribution in [-0.2, 0) is 13.0 Å². The Kier molecular flexibility index (Phi) is 3.72. The normalized spacial score (nSPS) is 12.4. The first-order chi connectivity index (χ1) is 10.2. The Morgan fingerprint density at radius 1 is 1.33 bits per heavy atom. The third-order valence-corrected chi connectivity index (χ3v) is 3.94. The number of nitrogens with two attached hydrogens (primary N) is 1. The molecule has 1 aliphatic heterocycles. The number of anilines is 2. The van der Waals surface area contributed by atoms with Crippen LogP contribution in [0.3, 0.4) is 0 Å². The number of hydrogen-bond acceptors (Lipinski definition) is 4. The first-order valence-corrected chi connectivity index (χ1v) is 7.44. The largest absolute Gasteiger partial charge is 0.493 e. The molecule has 0 aromatic heterocycles. The summed E-state index contributed by atoms with van der Waals surface area (Å²) in [6.07, 6.45) is 0.947. The van der Waals surface area contributed by atoms with E-state index in [9.17, 15) is 0 Å². The summed E-state index contributed by atoms with van der Waals surface area (Å²) in [5.41, 5.74) is 9.91. The fraction of sp³-hybridized carbons (Fsp3) is 0.188. The molecule has 106 valence electrons. The molecule has 4 nitrogen and oxygen atoms in total. The molecule has 0 spiro atoms. The zero-order valence-corrected chi connectivity index (χ0v) is 12.9. The molecule has 0 radical (unpaired) electrons. The maximum Gasteiger partial charge on any atom is 0.127 e. The van der Waals surface area contributed by atoms with E-state index in [0.717, 1.165) is 34.5 Å². The zero-order chi connectivity index (χ0) is 14.8. The minimum Gasteiger partial charge on any atom is -0.493 e. The van der Waals surface area contributed by atoms with Crippen molar-refractivity contribution in [3.63, 3.8) is 0 Å². The van der Waals surface area contributed by atoms with Gasteiger partial charge in [0, 0.05) is 34.4 Å². The number of nitrogens with one attached hydrogen (secondary N) is 1. The van der Waals surface area contributed by atoms with E-state index in [0.29, 0.717) is 17.8 Å². The van der Waals surface area contributed by atoms with Crippen molar-refractivity contribution in [2.45, 2.75) is 13.0 Å². The molecule has 0 atom stereocenters. The summed E-state index contributed by atoms with van der Waals surface area (Å²) < 4.78 is 6.76. The fourth-order valence-electron chi connectivity index (χ4n) is 2.44. The molecule has 21 heavy (non-hydrogen) atoms. The molecule has 0 unspecified atom stereocenters. The first kappa shape index (κ1) is 13.8. The lowest BCUT2D eigenvalue weighted by Gasteiger charge is -2.12. The average molecular weight is 344 g/mol. The summed E-state index contributed by atoms with van der Waals surface area (Å²) in [4.78, 5) is 0. The topological polar surface area (TPSA) is 71.1 Å². The monoisotopic (exact) mass is 343 g/mol. The summed E-state index contributed by atoms with van der Waals surface area (Å²) in [6.45, 7) is 1.37. The number of nitrogen functional groups attached to an aromatic ring is 1. The Morgan fingerprint density at radius 2 is 2.19 bits per heavy atom. The SMILES string of the molecule is N#Cc1cc(NCc2cc(Br)cc3c2OCC3)ccc1N. The van der Waals surface area contributed by atoms with Crippen LogP contribution in [0.1, 0.15) is 16.7 Å². The summed E-state index contributed by atoms with van der Waals surface area (Å²) in [6, 6.07) is 11.6. The molecule has 3 N–H and O–H groups in total. The van der Waals surface area contributed by atoms with Gasteiger partial charge in [0.05, 0.1) is 12.2 Å². The van der Waals surface area contributed by atoms with E-state index < -0.39 is 0 Å². The molecular weight excluding hydrogens is 330 g/mol. The van der Waals surface area contributed by atoms with Gasteiger partial charge < -0.3 is 15.8 Å². The lowest BCUT2D eigenvalue weighted by atomic mass is 10.1. The third kappa shape index (κ3) is 2.81. The number of benzene rings is 2. The molecule has 1 heterocycles. The highest BCUT2D eigenvalue weighted by molar-refractivity contribution is 9.10. The van der Waals surface area contributed by atoms with Crippen molar-refractivity contribution in [2.24, 2.45) is 0 Å². The minimum atomic E-state index is 0.482. The molecule has 3 rings (SSSR count). The van der Waals surface area contributed by atoms with Crippen molar-refractivity contribution in [2.75, 3.05) is 17.7 Å². The molecule has 2 aromatic carbocycles. The maximum absolute atomic E-state index is 9.01. The van der Waals surface area contributed by atoms with E-state index in [-0.39, 0.29) is 0 Å². The van der Waals surface area contributed by atoms with Gasteiger partial charge in [-0.15, -0.1) is 0 Å². The Morgan fingerprint density at radius 3 is 3.00 bits per heavy atom. The second kappa shape index (κ2) is 5.66. The predicted octanol–water partition coefficient (Wildman–Crippen LogP) is 3.45. The van der Waals surface area contributed by atoms with Crippen LogP contribution < -0.4 is 15.8 Å². The standard InChI is InChI=1S/C16H14BrN3O/c17-13-5-10-3-4-21-16(10)12(6-13)9-20-14-1-2-15(19)11(7-14)8-18/h1-2,5-7,20H,3-4,9,19H2. The Labute approximate surface area is 131 Å². The number of fused-ring (bicyclic) bond motifs is 1. The number of nitrogens with zero attached hydrogens (tertiary/aromatic N) is 1. The van der Waals surface area contributed by atoms with Gasteiger partial charge in [-0.1, -0.05) is 15.9 Å². The van der Waals surface area contributed by atoms with Gasteiger partial charge in [-0.3, -0.25) is 0 Å². The lowest BCUT2D eigenvalue weighted by Crippen LogP contribution is -2.02. The van der Waals surface area contributed by atoms with Crippen molar-refractivity contribution in [1.29, 1.82) is 5.26 Å². The van der Waals surface area contributed by atoms with Crippen LogP contribution in [0.15, 0.2) is 34.8 Å². The lowest BCUT2D eigenvalue weighted by molar-refractivity contribution is 0.354. The van der Waals surface area contributed by atoms with Gasteiger partial charge in [-0.25, -0.2) is 0 Å². The minimum absolute atomic E-state index is 0.482. The molecule has 5 heteroatoms. The van der Waals surface area contributed by atoms with Gasteiger partial charge in [0.2, 0.25) is 0 Å². The van der Waals surface area contributed by atoms with Crippen molar-refractivity contribution < 1.29 is 4.74 Å². The fourth-order valence-corrected chi connectivity index (χ4v) is 2.99. The second-order valence-electron chi connectivity index (χ2n) is 4.92. The summed E-state index contributed by atoms with van der Waals surface area (Å²) in [7, 11) is 0. The van der Waals surface area contributed by atoms with E-state index >= 15 is 0 Å². The number of rotatable bonds is 3. The van der Waals surface area contributed by atoms with Crippen LogP contribution in [0.25, 0.3) is 0 Å². The summed E-state index contributed by atoms with van der Waals surface area (Å²) in [5.74, 6) is 0.974. The van der Waals surface area contributed by atoms with Gasteiger partial charge in [0.15, 0.2) is 0 Å². The molecular formula is C16H14BrN3O. The number of ether oxygens (including phenoxy) is 1. The third-order valence-electron chi connectivity index (χ3n) is 3.48. The van der Waals surface area contributed by atoms with Gasteiger partial charge in [0.25, 0.3) is 0 Å². The average Bonchev–Trinajstić information content (AvgIpc) is 2.94. The van der Waals surface area contributed by atoms with Crippen LogP contribution in [0.4, 0.5) is 11.4 Å². The van der Waals surface area contributed by atoms with Gasteiger partial charge >= 0.3 is 0 Å². The Hall–Kier alpha value is -2.19. The van der Waals surface area contributed by atoms with E-state index in [1.807, 2.05) is 6.07 Å². The van der Waals surface area contributed by atoms with Crippen LogP contribution >= 0.6 is 15.9 Å². The smallest absolute Gasteiger partial charge is 0.127 e. The van der Waals surface area contributed by atoms with Crippen molar-refractivity contribution in [1.82, 2.24) is 0 Å². The highest BCUT2D eigenvalue weighted by Gasteiger charge is 2.17. The maximum atomic E-state index is 9.01. The van der Waals surface area contributed by atoms with Crippen molar-refractivity contribution in [3.05, 3.63) is 51.5 Å². The van der Waals surface area contributed by atoms with E-state index in [1.54, 1.807) is 12.1 Å². The molecule has 0 aliphatic carbocycles. The zero-order valence-electron chi connectivity index (χ0n) is 11.3. The van der Waals surface area contributed by atoms with Gasteiger partial charge in [-0.2, -0.15) is 5.26 Å². The van der Waals surface area contributed by atoms with Crippen molar-refractivity contribution >= 4 is 27.3 Å². The summed E-state index contributed by atoms with van der Waals surface area (Å²) >= 11 is 3.53. The summed E-state index contributed by atoms with van der Waals surface area (Å²) in [5, 5.41) is 12.3. The number of nitriles is 1. The van der Waals surface area contributed by atoms with Gasteiger partial charge in [0.1, 0.15) is 11.8 Å². The molecule has 0 fully saturated rings. The quantitative estimate of drug-likeness (QED) is 0.837. The predicted molar refractivity (Wildman–Crippen MR) is 86.2 cm³/mol. The van der Waals surface area contributed by atoms with Crippen LogP contribution in [-0.4, -0.2) is 6.61 Å².